The molecule has 0 aromatic heterocycles. The van der Waals surface area contributed by atoms with E-state index in [-0.39, 0.29) is 11.7 Å². The van der Waals surface area contributed by atoms with Gasteiger partial charge in [0.05, 0.1) is 12.0 Å². The summed E-state index contributed by atoms with van der Waals surface area (Å²) in [6.07, 6.45) is 8.15. The second-order valence-electron chi connectivity index (χ2n) is 5.19. The maximum atomic E-state index is 9.37. The van der Waals surface area contributed by atoms with Crippen LogP contribution < -0.4 is 0 Å². The van der Waals surface area contributed by atoms with Crippen molar-refractivity contribution < 1.29 is 5.11 Å². The molecular weight excluding hydrogens is 258 g/mol. The normalized spacial score (nSPS) is 28.6. The van der Waals surface area contributed by atoms with Gasteiger partial charge in [0.1, 0.15) is 5.75 Å². The molecule has 3 rings (SSSR count). The molecule has 1 saturated carbocycles. The summed E-state index contributed by atoms with van der Waals surface area (Å²) < 4.78 is 0. The van der Waals surface area contributed by atoms with E-state index in [0.717, 1.165) is 18.4 Å². The van der Waals surface area contributed by atoms with Gasteiger partial charge in [-0.3, -0.25) is 0 Å². The molecule has 3 heteroatoms. The number of allylic oxidation sites excluding steroid dienone is 4. The topological polar surface area (TPSA) is 44.0 Å². The Kier molecular flexibility index (Phi) is 3.08. The first kappa shape index (κ1) is 12.3. The molecular formula is C16H14ClNO. The summed E-state index contributed by atoms with van der Waals surface area (Å²) in [5, 5.41) is 18.9. The van der Waals surface area contributed by atoms with E-state index in [9.17, 15) is 5.11 Å². The summed E-state index contributed by atoms with van der Waals surface area (Å²) in [5.74, 6) is 1.19. The van der Waals surface area contributed by atoms with Gasteiger partial charge >= 0.3 is 0 Å². The van der Waals surface area contributed by atoms with E-state index in [1.165, 1.54) is 5.57 Å². The number of phenolic OH excluding ortho intramolecular Hbond substituents is 1. The molecule has 2 aliphatic rings. The van der Waals surface area contributed by atoms with Gasteiger partial charge in [-0.15, -0.1) is 0 Å². The molecule has 2 aliphatic carbocycles. The molecule has 1 fully saturated rings. The molecule has 2 unspecified atom stereocenters. The smallest absolute Gasteiger partial charge is 0.117 e. The Morgan fingerprint density at radius 1 is 1.32 bits per heavy atom. The van der Waals surface area contributed by atoms with Crippen LogP contribution in [-0.2, 0) is 0 Å². The highest BCUT2D eigenvalue weighted by Crippen LogP contribution is 2.54. The third-order valence-electron chi connectivity index (χ3n) is 3.90. The van der Waals surface area contributed by atoms with Gasteiger partial charge in [0, 0.05) is 5.02 Å². The Labute approximate surface area is 117 Å². The monoisotopic (exact) mass is 271 g/mol. The number of benzene rings is 1. The fourth-order valence-corrected chi connectivity index (χ4v) is 3.05. The van der Waals surface area contributed by atoms with Crippen LogP contribution in [0.4, 0.5) is 0 Å². The first-order chi connectivity index (χ1) is 9.19. The van der Waals surface area contributed by atoms with Crippen molar-refractivity contribution in [1.29, 1.82) is 5.26 Å². The number of phenols is 1. The maximum Gasteiger partial charge on any atom is 0.117 e. The molecule has 0 heterocycles. The van der Waals surface area contributed by atoms with Crippen molar-refractivity contribution in [1.82, 2.24) is 0 Å². The first-order valence-electron chi connectivity index (χ1n) is 6.45. The summed E-state index contributed by atoms with van der Waals surface area (Å²) in [5.41, 5.74) is 2.43. The van der Waals surface area contributed by atoms with E-state index in [0.29, 0.717) is 16.9 Å². The number of rotatable bonds is 2. The van der Waals surface area contributed by atoms with Crippen LogP contribution in [0.25, 0.3) is 0 Å². The van der Waals surface area contributed by atoms with Crippen LogP contribution >= 0.6 is 11.6 Å². The van der Waals surface area contributed by atoms with Crippen molar-refractivity contribution in [2.24, 2.45) is 11.8 Å². The SMILES string of the molecule is N#C[C@@H]1C=CC(C2CC2c2ccc(O)cc2Cl)=CC1. The molecule has 2 nitrogen and oxygen atoms in total. The van der Waals surface area contributed by atoms with Crippen LogP contribution in [0, 0.1) is 23.2 Å². The molecule has 0 spiro atoms. The standard InChI is InChI=1S/C16H14ClNO/c17-16-7-12(19)5-6-13(16)15-8-14(15)11-3-1-10(9-18)2-4-11/h1,3-7,10,14-15,19H,2,8H2/t10-,14?,15?/m1/s1. The van der Waals surface area contributed by atoms with E-state index in [2.05, 4.69) is 18.2 Å². The minimum atomic E-state index is 0.0261. The minimum Gasteiger partial charge on any atom is -0.508 e. The van der Waals surface area contributed by atoms with Gasteiger partial charge < -0.3 is 5.11 Å². The Bertz CT molecular complexity index is 612. The lowest BCUT2D eigenvalue weighted by Crippen LogP contribution is -1.98. The minimum absolute atomic E-state index is 0.0261. The van der Waals surface area contributed by atoms with Crippen molar-refractivity contribution >= 4 is 11.6 Å². The second kappa shape index (κ2) is 4.75. The maximum absolute atomic E-state index is 9.37. The largest absolute Gasteiger partial charge is 0.508 e. The van der Waals surface area contributed by atoms with Crippen molar-refractivity contribution in [2.75, 3.05) is 0 Å². The van der Waals surface area contributed by atoms with Gasteiger partial charge in [-0.1, -0.05) is 35.9 Å². The summed E-state index contributed by atoms with van der Waals surface area (Å²) in [6, 6.07) is 7.46. The number of hydrogen-bond donors (Lipinski definition) is 1. The number of hydrogen-bond acceptors (Lipinski definition) is 2. The highest BCUT2D eigenvalue weighted by molar-refractivity contribution is 6.31. The molecule has 0 amide bonds. The fraction of sp³-hybridized carbons (Fsp3) is 0.312. The van der Waals surface area contributed by atoms with Crippen molar-refractivity contribution in [2.45, 2.75) is 18.8 Å². The molecule has 0 saturated heterocycles. The summed E-state index contributed by atoms with van der Waals surface area (Å²) in [7, 11) is 0. The van der Waals surface area contributed by atoms with Crippen LogP contribution in [0.15, 0.2) is 42.0 Å². The van der Waals surface area contributed by atoms with Gasteiger partial charge in [0.25, 0.3) is 0 Å². The molecule has 0 aliphatic heterocycles. The van der Waals surface area contributed by atoms with Gasteiger partial charge in [-0.05, 0) is 47.9 Å². The summed E-state index contributed by atoms with van der Waals surface area (Å²) in [4.78, 5) is 0. The average molecular weight is 272 g/mol. The van der Waals surface area contributed by atoms with E-state index < -0.39 is 0 Å². The highest BCUT2D eigenvalue weighted by Gasteiger charge is 2.41. The average Bonchev–Trinajstić information content (AvgIpc) is 3.19. The Balaban J connectivity index is 1.74. The molecule has 19 heavy (non-hydrogen) atoms. The highest BCUT2D eigenvalue weighted by atomic mass is 35.5. The molecule has 1 aromatic rings. The van der Waals surface area contributed by atoms with Crippen molar-refractivity contribution in [3.8, 4) is 11.8 Å². The fourth-order valence-electron chi connectivity index (χ4n) is 2.73. The van der Waals surface area contributed by atoms with Crippen molar-refractivity contribution in [3.63, 3.8) is 0 Å². The van der Waals surface area contributed by atoms with Crippen LogP contribution in [0.1, 0.15) is 24.3 Å². The van der Waals surface area contributed by atoms with Crippen LogP contribution in [0.3, 0.4) is 0 Å². The van der Waals surface area contributed by atoms with Crippen LogP contribution in [-0.4, -0.2) is 5.11 Å². The Morgan fingerprint density at radius 3 is 2.79 bits per heavy atom. The van der Waals surface area contributed by atoms with Gasteiger partial charge in [-0.25, -0.2) is 0 Å². The van der Waals surface area contributed by atoms with Crippen molar-refractivity contribution in [3.05, 3.63) is 52.6 Å². The zero-order valence-electron chi connectivity index (χ0n) is 10.4. The van der Waals surface area contributed by atoms with Gasteiger partial charge in [0.15, 0.2) is 0 Å². The third-order valence-corrected chi connectivity index (χ3v) is 4.22. The molecule has 1 aromatic carbocycles. The van der Waals surface area contributed by atoms with Gasteiger partial charge in [-0.2, -0.15) is 5.26 Å². The number of nitriles is 1. The predicted octanol–water partition coefficient (Wildman–Crippen LogP) is 4.18. The van der Waals surface area contributed by atoms with E-state index >= 15 is 0 Å². The summed E-state index contributed by atoms with van der Waals surface area (Å²) in [6.45, 7) is 0. The van der Waals surface area contributed by atoms with E-state index in [1.54, 1.807) is 12.1 Å². The molecule has 0 radical (unpaired) electrons. The number of aromatic hydroxyl groups is 1. The zero-order chi connectivity index (χ0) is 13.4. The Hall–Kier alpha value is -1.72. The lowest BCUT2D eigenvalue weighted by molar-refractivity contribution is 0.475. The molecule has 0 bridgehead atoms. The predicted molar refractivity (Wildman–Crippen MR) is 74.9 cm³/mol. The third kappa shape index (κ3) is 2.39. The molecule has 96 valence electrons. The molecule has 1 N–H and O–H groups in total. The van der Waals surface area contributed by atoms with Crippen LogP contribution in [0.2, 0.25) is 5.02 Å². The molecule has 3 atom stereocenters. The zero-order valence-corrected chi connectivity index (χ0v) is 11.1. The quantitative estimate of drug-likeness (QED) is 0.877. The van der Waals surface area contributed by atoms with Gasteiger partial charge in [0.2, 0.25) is 0 Å². The lowest BCUT2D eigenvalue weighted by Gasteiger charge is -2.10. The number of halogens is 1. The Morgan fingerprint density at radius 2 is 2.16 bits per heavy atom. The first-order valence-corrected chi connectivity index (χ1v) is 6.83. The second-order valence-corrected chi connectivity index (χ2v) is 5.60. The lowest BCUT2D eigenvalue weighted by atomic mass is 9.94. The van der Waals surface area contributed by atoms with E-state index in [1.807, 2.05) is 12.1 Å². The van der Waals surface area contributed by atoms with E-state index in [4.69, 9.17) is 16.9 Å². The summed E-state index contributed by atoms with van der Waals surface area (Å²) >= 11 is 6.17. The number of nitrogens with zero attached hydrogens (tertiary/aromatic N) is 1. The van der Waals surface area contributed by atoms with Crippen LogP contribution in [0.5, 0.6) is 5.75 Å².